The third kappa shape index (κ3) is 2.37. The molecule has 1 N–H and O–H groups in total. The largest absolute Gasteiger partial charge is 0.356 e. The van der Waals surface area contributed by atoms with Gasteiger partial charge in [-0.05, 0) is 50.8 Å². The maximum absolute atomic E-state index is 13.2. The fourth-order valence-corrected chi connectivity index (χ4v) is 4.20. The van der Waals surface area contributed by atoms with Gasteiger partial charge in [0.25, 0.3) is 5.91 Å². The Morgan fingerprint density at radius 2 is 2.00 bits per heavy atom. The number of carbonyl (C=O) groups is 1. The molecule has 0 aromatic carbocycles. The molecule has 1 amide bonds. The van der Waals surface area contributed by atoms with Gasteiger partial charge in [-0.2, -0.15) is 0 Å². The summed E-state index contributed by atoms with van der Waals surface area (Å²) in [6.07, 6.45) is 7.55. The minimum Gasteiger partial charge on any atom is -0.356 e. The molecule has 0 spiro atoms. The molecule has 4 rings (SSSR count). The molecule has 0 radical (unpaired) electrons. The van der Waals surface area contributed by atoms with Crippen LogP contribution in [0.3, 0.4) is 0 Å². The molecule has 3 fully saturated rings. The maximum atomic E-state index is 13.2. The number of nitrogens with one attached hydrogen (secondary N) is 1. The average molecular weight is 300 g/mol. The topological polar surface area (TPSA) is 48.5 Å². The van der Waals surface area contributed by atoms with Crippen LogP contribution in [0.15, 0.2) is 18.3 Å². The Labute approximate surface area is 131 Å². The molecule has 118 valence electrons. The van der Waals surface area contributed by atoms with Crippen LogP contribution in [0.5, 0.6) is 0 Å². The van der Waals surface area contributed by atoms with Gasteiger partial charge < -0.3 is 15.1 Å². The summed E-state index contributed by atoms with van der Waals surface area (Å²) in [5.74, 6) is 1.08. The van der Waals surface area contributed by atoms with Gasteiger partial charge in [0, 0.05) is 37.9 Å². The minimum atomic E-state index is 0.186. The Morgan fingerprint density at radius 1 is 1.18 bits per heavy atom. The number of amides is 1. The van der Waals surface area contributed by atoms with E-state index < -0.39 is 0 Å². The lowest BCUT2D eigenvalue weighted by atomic mass is 10.1. The van der Waals surface area contributed by atoms with Gasteiger partial charge in [-0.15, -0.1) is 0 Å². The summed E-state index contributed by atoms with van der Waals surface area (Å²) < 4.78 is 0. The lowest BCUT2D eigenvalue weighted by Gasteiger charge is -2.29. The van der Waals surface area contributed by atoms with Crippen molar-refractivity contribution in [3.63, 3.8) is 0 Å². The van der Waals surface area contributed by atoms with Crippen molar-refractivity contribution in [1.29, 1.82) is 0 Å². The summed E-state index contributed by atoms with van der Waals surface area (Å²) >= 11 is 0. The predicted octanol–water partition coefficient (Wildman–Crippen LogP) is 1.65. The van der Waals surface area contributed by atoms with E-state index in [4.69, 9.17) is 0 Å². The summed E-state index contributed by atoms with van der Waals surface area (Å²) in [5, 5.41) is 3.46. The molecular formula is C17H24N4O. The summed E-state index contributed by atoms with van der Waals surface area (Å²) in [4.78, 5) is 22.2. The third-order valence-corrected chi connectivity index (χ3v) is 5.31. The molecule has 5 nitrogen and oxygen atoms in total. The van der Waals surface area contributed by atoms with Crippen molar-refractivity contribution in [3.8, 4) is 0 Å². The van der Waals surface area contributed by atoms with Crippen molar-refractivity contribution in [2.24, 2.45) is 0 Å². The molecule has 0 saturated carbocycles. The Morgan fingerprint density at radius 3 is 2.86 bits per heavy atom. The number of fused-ring (bicyclic) bond motifs is 2. The molecule has 0 aliphatic carbocycles. The molecule has 2 unspecified atom stereocenters. The highest BCUT2D eigenvalue weighted by Crippen LogP contribution is 2.32. The van der Waals surface area contributed by atoms with Gasteiger partial charge in [-0.3, -0.25) is 4.79 Å². The van der Waals surface area contributed by atoms with Crippen LogP contribution >= 0.6 is 0 Å². The summed E-state index contributed by atoms with van der Waals surface area (Å²) in [6, 6.07) is 4.61. The number of hydrogen-bond acceptors (Lipinski definition) is 4. The number of anilines is 1. The van der Waals surface area contributed by atoms with E-state index in [1.54, 1.807) is 0 Å². The van der Waals surface area contributed by atoms with Crippen molar-refractivity contribution in [1.82, 2.24) is 15.2 Å². The molecule has 3 aliphatic heterocycles. The van der Waals surface area contributed by atoms with E-state index in [2.05, 4.69) is 20.1 Å². The van der Waals surface area contributed by atoms with Crippen LogP contribution in [-0.2, 0) is 0 Å². The molecule has 1 aromatic heterocycles. The Kier molecular flexibility index (Phi) is 3.74. The molecule has 2 atom stereocenters. The monoisotopic (exact) mass is 300 g/mol. The lowest BCUT2D eigenvalue weighted by molar-refractivity contribution is 0.0680. The van der Waals surface area contributed by atoms with Gasteiger partial charge in [0.2, 0.25) is 0 Å². The number of aromatic nitrogens is 1. The molecular weight excluding hydrogens is 276 g/mol. The van der Waals surface area contributed by atoms with Gasteiger partial charge in [0.05, 0.1) is 5.56 Å². The van der Waals surface area contributed by atoms with E-state index in [-0.39, 0.29) is 5.91 Å². The van der Waals surface area contributed by atoms with Crippen LogP contribution in [0.25, 0.3) is 0 Å². The second kappa shape index (κ2) is 5.88. The van der Waals surface area contributed by atoms with E-state index in [1.165, 1.54) is 12.8 Å². The standard InChI is InChI=1S/C17H24N4O/c22-17(21-13-5-6-14(21)12-18-9-7-13)15-4-3-8-19-16(15)20-10-1-2-11-20/h3-4,8,13-14,18H,1-2,5-7,9-12H2. The van der Waals surface area contributed by atoms with Gasteiger partial charge >= 0.3 is 0 Å². The van der Waals surface area contributed by atoms with Crippen molar-refractivity contribution in [2.75, 3.05) is 31.1 Å². The zero-order valence-corrected chi connectivity index (χ0v) is 13.0. The average Bonchev–Trinajstić information content (AvgIpc) is 3.14. The summed E-state index contributed by atoms with van der Waals surface area (Å²) in [7, 11) is 0. The fraction of sp³-hybridized carbons (Fsp3) is 0.647. The Balaban J connectivity index is 1.65. The van der Waals surface area contributed by atoms with Crippen LogP contribution in [0.2, 0.25) is 0 Å². The van der Waals surface area contributed by atoms with Crippen molar-refractivity contribution < 1.29 is 4.79 Å². The lowest BCUT2D eigenvalue weighted by Crippen LogP contribution is -2.43. The summed E-state index contributed by atoms with van der Waals surface area (Å²) in [5.41, 5.74) is 0.795. The molecule has 5 heteroatoms. The van der Waals surface area contributed by atoms with E-state index in [0.717, 1.165) is 56.8 Å². The first-order valence-corrected chi connectivity index (χ1v) is 8.58. The van der Waals surface area contributed by atoms with Gasteiger partial charge in [0.15, 0.2) is 0 Å². The first-order chi connectivity index (χ1) is 10.8. The Hall–Kier alpha value is -1.62. The second-order valence-electron chi connectivity index (χ2n) is 6.66. The number of nitrogens with zero attached hydrogens (tertiary/aromatic N) is 3. The minimum absolute atomic E-state index is 0.186. The molecule has 3 saturated heterocycles. The molecule has 3 aliphatic rings. The normalized spacial score (nSPS) is 28.0. The number of pyridine rings is 1. The zero-order valence-electron chi connectivity index (χ0n) is 13.0. The van der Waals surface area contributed by atoms with E-state index in [9.17, 15) is 4.79 Å². The molecule has 1 aromatic rings. The Bertz CT molecular complexity index is 541. The summed E-state index contributed by atoms with van der Waals surface area (Å²) in [6.45, 7) is 4.00. The molecule has 22 heavy (non-hydrogen) atoms. The first-order valence-electron chi connectivity index (χ1n) is 8.58. The van der Waals surface area contributed by atoms with E-state index in [0.29, 0.717) is 12.1 Å². The van der Waals surface area contributed by atoms with Crippen LogP contribution in [0.4, 0.5) is 5.82 Å². The van der Waals surface area contributed by atoms with Gasteiger partial charge in [-0.25, -0.2) is 4.98 Å². The van der Waals surface area contributed by atoms with Crippen LogP contribution in [-0.4, -0.2) is 54.1 Å². The smallest absolute Gasteiger partial charge is 0.258 e. The van der Waals surface area contributed by atoms with Gasteiger partial charge in [-0.1, -0.05) is 0 Å². The predicted molar refractivity (Wildman–Crippen MR) is 86.2 cm³/mol. The van der Waals surface area contributed by atoms with Gasteiger partial charge in [0.1, 0.15) is 5.82 Å². The first kappa shape index (κ1) is 14.0. The van der Waals surface area contributed by atoms with Crippen LogP contribution < -0.4 is 10.2 Å². The highest BCUT2D eigenvalue weighted by atomic mass is 16.2. The quantitative estimate of drug-likeness (QED) is 0.902. The van der Waals surface area contributed by atoms with Crippen LogP contribution in [0.1, 0.15) is 42.5 Å². The number of carbonyl (C=O) groups excluding carboxylic acids is 1. The third-order valence-electron chi connectivity index (χ3n) is 5.31. The van der Waals surface area contributed by atoms with Crippen molar-refractivity contribution in [3.05, 3.63) is 23.9 Å². The molecule has 2 bridgehead atoms. The number of rotatable bonds is 2. The van der Waals surface area contributed by atoms with Crippen molar-refractivity contribution >= 4 is 11.7 Å². The molecule has 4 heterocycles. The maximum Gasteiger partial charge on any atom is 0.258 e. The highest BCUT2D eigenvalue weighted by Gasteiger charge is 2.39. The second-order valence-corrected chi connectivity index (χ2v) is 6.66. The zero-order chi connectivity index (χ0) is 14.9. The van der Waals surface area contributed by atoms with Crippen molar-refractivity contribution in [2.45, 2.75) is 44.2 Å². The van der Waals surface area contributed by atoms with E-state index in [1.807, 2.05) is 18.3 Å². The SMILES string of the molecule is O=C(c1cccnc1N1CCCC1)N1C2CCNCC1CC2. The number of hydrogen-bond donors (Lipinski definition) is 1. The van der Waals surface area contributed by atoms with Crippen LogP contribution in [0, 0.1) is 0 Å². The highest BCUT2D eigenvalue weighted by molar-refractivity contribution is 5.99. The van der Waals surface area contributed by atoms with E-state index >= 15 is 0 Å². The fourth-order valence-electron chi connectivity index (χ4n) is 4.20.